The van der Waals surface area contributed by atoms with Crippen molar-refractivity contribution in [3.8, 4) is 0 Å². The lowest BCUT2D eigenvalue weighted by molar-refractivity contribution is 0.149. The smallest absolute Gasteiger partial charge is 0.103 e. The van der Waals surface area contributed by atoms with Gasteiger partial charge in [-0.15, -0.1) is 0 Å². The molecule has 1 N–H and O–H groups in total. The molecule has 0 aliphatic carbocycles. The Morgan fingerprint density at radius 3 is 2.59 bits per heavy atom. The van der Waals surface area contributed by atoms with Crippen molar-refractivity contribution in [2.45, 2.75) is 70.8 Å². The van der Waals surface area contributed by atoms with Gasteiger partial charge < -0.3 is 9.52 Å². The lowest BCUT2D eigenvalue weighted by atomic mass is 10.0. The fourth-order valence-electron chi connectivity index (χ4n) is 2.07. The molecule has 1 atom stereocenters. The molecule has 0 fully saturated rings. The van der Waals surface area contributed by atoms with Gasteiger partial charge >= 0.3 is 0 Å². The normalized spacial score (nSPS) is 12.8. The minimum atomic E-state index is -0.161. The molecule has 2 nitrogen and oxygen atoms in total. The molecule has 0 amide bonds. The van der Waals surface area contributed by atoms with Gasteiger partial charge in [0.1, 0.15) is 5.76 Å². The number of aryl methyl sites for hydroxylation is 1. The fourth-order valence-corrected chi connectivity index (χ4v) is 2.07. The number of hydrogen-bond donors (Lipinski definition) is 1. The molecule has 1 unspecified atom stereocenters. The molecule has 17 heavy (non-hydrogen) atoms. The average Bonchev–Trinajstić information content (AvgIpc) is 2.84. The van der Waals surface area contributed by atoms with E-state index in [4.69, 9.17) is 4.42 Å². The molecule has 1 aromatic heterocycles. The van der Waals surface area contributed by atoms with Crippen molar-refractivity contribution in [2.24, 2.45) is 0 Å². The van der Waals surface area contributed by atoms with E-state index in [2.05, 4.69) is 6.92 Å². The van der Waals surface area contributed by atoms with Crippen LogP contribution >= 0.6 is 0 Å². The summed E-state index contributed by atoms with van der Waals surface area (Å²) >= 11 is 0. The molecular formula is C15H26O2. The van der Waals surface area contributed by atoms with Gasteiger partial charge in [-0.2, -0.15) is 0 Å². The van der Waals surface area contributed by atoms with Gasteiger partial charge in [0.2, 0.25) is 0 Å². The van der Waals surface area contributed by atoms with Crippen molar-refractivity contribution in [1.82, 2.24) is 0 Å². The highest BCUT2D eigenvalue weighted by molar-refractivity contribution is 4.98. The molecule has 0 bridgehead atoms. The van der Waals surface area contributed by atoms with Crippen molar-refractivity contribution in [2.75, 3.05) is 0 Å². The van der Waals surface area contributed by atoms with Crippen LogP contribution in [0.1, 0.15) is 64.1 Å². The topological polar surface area (TPSA) is 33.4 Å². The van der Waals surface area contributed by atoms with Crippen LogP contribution in [0.4, 0.5) is 0 Å². The van der Waals surface area contributed by atoms with Crippen LogP contribution in [-0.4, -0.2) is 11.2 Å². The maximum atomic E-state index is 9.81. The van der Waals surface area contributed by atoms with Crippen LogP contribution in [0.2, 0.25) is 0 Å². The number of aliphatic hydroxyl groups excluding tert-OH is 1. The maximum absolute atomic E-state index is 9.81. The number of aliphatic hydroxyl groups is 1. The first kappa shape index (κ1) is 14.3. The molecule has 2 heteroatoms. The monoisotopic (exact) mass is 238 g/mol. The zero-order valence-electron chi connectivity index (χ0n) is 11.0. The van der Waals surface area contributed by atoms with Gasteiger partial charge in [0.15, 0.2) is 0 Å². The number of hydrogen-bond acceptors (Lipinski definition) is 2. The molecule has 0 aliphatic rings. The van der Waals surface area contributed by atoms with Gasteiger partial charge in [-0.3, -0.25) is 0 Å². The van der Waals surface area contributed by atoms with Crippen LogP contribution in [-0.2, 0) is 6.42 Å². The Labute approximate surface area is 105 Å². The van der Waals surface area contributed by atoms with Crippen LogP contribution < -0.4 is 0 Å². The van der Waals surface area contributed by atoms with E-state index in [1.54, 1.807) is 6.26 Å². The zero-order chi connectivity index (χ0) is 12.3. The van der Waals surface area contributed by atoms with Crippen molar-refractivity contribution in [1.29, 1.82) is 0 Å². The Balaban J connectivity index is 1.92. The summed E-state index contributed by atoms with van der Waals surface area (Å²) < 4.78 is 5.24. The van der Waals surface area contributed by atoms with Crippen LogP contribution in [0, 0.1) is 0 Å². The third-order valence-electron chi connectivity index (χ3n) is 3.19. The second-order valence-electron chi connectivity index (χ2n) is 4.83. The first-order valence-corrected chi connectivity index (χ1v) is 7.03. The Bertz CT molecular complexity index is 254. The quantitative estimate of drug-likeness (QED) is 0.616. The van der Waals surface area contributed by atoms with Crippen molar-refractivity contribution >= 4 is 0 Å². The average molecular weight is 238 g/mol. The second kappa shape index (κ2) is 9.29. The van der Waals surface area contributed by atoms with Crippen molar-refractivity contribution in [3.05, 3.63) is 24.2 Å². The molecule has 0 spiro atoms. The minimum Gasteiger partial charge on any atom is -0.469 e. The van der Waals surface area contributed by atoms with Crippen LogP contribution in [0.25, 0.3) is 0 Å². The van der Waals surface area contributed by atoms with E-state index in [1.165, 1.54) is 32.1 Å². The number of unbranched alkanes of at least 4 members (excludes halogenated alkanes) is 5. The Hall–Kier alpha value is -0.760. The van der Waals surface area contributed by atoms with Crippen LogP contribution in [0.15, 0.2) is 22.8 Å². The molecular weight excluding hydrogens is 212 g/mol. The summed E-state index contributed by atoms with van der Waals surface area (Å²) in [6.45, 7) is 2.23. The molecule has 0 aromatic carbocycles. The van der Waals surface area contributed by atoms with E-state index in [0.29, 0.717) is 0 Å². The van der Waals surface area contributed by atoms with E-state index >= 15 is 0 Å². The first-order chi connectivity index (χ1) is 8.33. The highest BCUT2D eigenvalue weighted by Gasteiger charge is 2.05. The standard InChI is InChI=1S/C15H26O2/c1-2-3-4-5-6-7-9-14(16)11-12-15-10-8-13-17-15/h8,10,13-14,16H,2-7,9,11-12H2,1H3. The van der Waals surface area contributed by atoms with E-state index in [0.717, 1.165) is 31.4 Å². The van der Waals surface area contributed by atoms with E-state index in [-0.39, 0.29) is 6.10 Å². The third kappa shape index (κ3) is 7.22. The van der Waals surface area contributed by atoms with Gasteiger partial charge in [-0.1, -0.05) is 45.4 Å². The minimum absolute atomic E-state index is 0.161. The first-order valence-electron chi connectivity index (χ1n) is 7.03. The maximum Gasteiger partial charge on any atom is 0.103 e. The second-order valence-corrected chi connectivity index (χ2v) is 4.83. The molecule has 98 valence electrons. The Kier molecular flexibility index (Phi) is 7.81. The van der Waals surface area contributed by atoms with Crippen molar-refractivity contribution < 1.29 is 9.52 Å². The summed E-state index contributed by atoms with van der Waals surface area (Å²) in [5.74, 6) is 0.979. The van der Waals surface area contributed by atoms with E-state index < -0.39 is 0 Å². The summed E-state index contributed by atoms with van der Waals surface area (Å²) in [6, 6.07) is 3.87. The molecule has 0 aliphatic heterocycles. The van der Waals surface area contributed by atoms with Gasteiger partial charge in [0.05, 0.1) is 12.4 Å². The summed E-state index contributed by atoms with van der Waals surface area (Å²) in [6.07, 6.45) is 11.9. The molecule has 1 aromatic rings. The lowest BCUT2D eigenvalue weighted by Gasteiger charge is -2.09. The number of furan rings is 1. The predicted octanol–water partition coefficient (Wildman–Crippen LogP) is 4.32. The molecule has 1 rings (SSSR count). The highest BCUT2D eigenvalue weighted by Crippen LogP contribution is 2.12. The van der Waals surface area contributed by atoms with Gasteiger partial charge in [0, 0.05) is 6.42 Å². The number of rotatable bonds is 10. The molecule has 0 saturated carbocycles. The molecule has 1 heterocycles. The molecule has 0 radical (unpaired) electrons. The fraction of sp³-hybridized carbons (Fsp3) is 0.733. The highest BCUT2D eigenvalue weighted by atomic mass is 16.3. The van der Waals surface area contributed by atoms with E-state index in [1.807, 2.05) is 12.1 Å². The summed E-state index contributed by atoms with van der Waals surface area (Å²) in [7, 11) is 0. The predicted molar refractivity (Wildman–Crippen MR) is 71.0 cm³/mol. The third-order valence-corrected chi connectivity index (χ3v) is 3.19. The molecule has 0 saturated heterocycles. The Morgan fingerprint density at radius 2 is 1.88 bits per heavy atom. The largest absolute Gasteiger partial charge is 0.469 e. The lowest BCUT2D eigenvalue weighted by Crippen LogP contribution is -2.07. The zero-order valence-corrected chi connectivity index (χ0v) is 11.0. The summed E-state index contributed by atoms with van der Waals surface area (Å²) in [4.78, 5) is 0. The van der Waals surface area contributed by atoms with Gasteiger partial charge in [0.25, 0.3) is 0 Å². The van der Waals surface area contributed by atoms with Crippen molar-refractivity contribution in [3.63, 3.8) is 0 Å². The summed E-state index contributed by atoms with van der Waals surface area (Å²) in [5, 5.41) is 9.81. The Morgan fingerprint density at radius 1 is 1.12 bits per heavy atom. The van der Waals surface area contributed by atoms with Crippen LogP contribution in [0.5, 0.6) is 0 Å². The SMILES string of the molecule is CCCCCCCCC(O)CCc1ccco1. The van der Waals surface area contributed by atoms with Gasteiger partial charge in [-0.05, 0) is 25.0 Å². The van der Waals surface area contributed by atoms with E-state index in [9.17, 15) is 5.11 Å². The summed E-state index contributed by atoms with van der Waals surface area (Å²) in [5.41, 5.74) is 0. The van der Waals surface area contributed by atoms with Crippen LogP contribution in [0.3, 0.4) is 0 Å². The van der Waals surface area contributed by atoms with Gasteiger partial charge in [-0.25, -0.2) is 0 Å².